The van der Waals surface area contributed by atoms with E-state index in [4.69, 9.17) is 21.1 Å². The molecule has 1 heterocycles. The number of fused-ring (bicyclic) bond motifs is 1. The molecule has 0 fully saturated rings. The van der Waals surface area contributed by atoms with E-state index in [-0.39, 0.29) is 28.8 Å². The van der Waals surface area contributed by atoms with Gasteiger partial charge in [-0.15, -0.1) is 11.6 Å². The Morgan fingerprint density at radius 3 is 2.58 bits per heavy atom. The molecule has 0 saturated carbocycles. The molecule has 1 aromatic heterocycles. The van der Waals surface area contributed by atoms with Crippen molar-refractivity contribution in [2.45, 2.75) is 13.1 Å². The summed E-state index contributed by atoms with van der Waals surface area (Å²) >= 11 is 5.38. The molecule has 2 aromatic rings. The van der Waals surface area contributed by atoms with Crippen LogP contribution in [0.1, 0.15) is 22.8 Å². The third kappa shape index (κ3) is 3.76. The molecular formula is C15H11ClF3NO4. The summed E-state index contributed by atoms with van der Waals surface area (Å²) in [7, 11) is 0. The van der Waals surface area contributed by atoms with Crippen molar-refractivity contribution in [3.63, 3.8) is 0 Å². The van der Waals surface area contributed by atoms with Gasteiger partial charge in [-0.05, 0) is 25.1 Å². The van der Waals surface area contributed by atoms with Gasteiger partial charge in [-0.3, -0.25) is 9.78 Å². The smallest absolute Gasteiger partial charge is 0.416 e. The molecule has 0 aliphatic heterocycles. The van der Waals surface area contributed by atoms with Crippen molar-refractivity contribution < 1.29 is 32.2 Å². The Morgan fingerprint density at radius 2 is 2.00 bits per heavy atom. The summed E-state index contributed by atoms with van der Waals surface area (Å²) in [5.74, 6) is -2.41. The van der Waals surface area contributed by atoms with Gasteiger partial charge in [0.2, 0.25) is 0 Å². The first-order chi connectivity index (χ1) is 11.3. The summed E-state index contributed by atoms with van der Waals surface area (Å²) in [6.07, 6.45) is -3.56. The van der Waals surface area contributed by atoms with Crippen LogP contribution in [0.3, 0.4) is 0 Å². The molecule has 2 rings (SSSR count). The first-order valence-electron chi connectivity index (χ1n) is 6.71. The van der Waals surface area contributed by atoms with E-state index in [1.165, 1.54) is 0 Å². The minimum absolute atomic E-state index is 0.0621. The van der Waals surface area contributed by atoms with Crippen LogP contribution in [0.15, 0.2) is 24.4 Å². The van der Waals surface area contributed by atoms with Crippen molar-refractivity contribution >= 4 is 34.4 Å². The zero-order valence-electron chi connectivity index (χ0n) is 12.3. The maximum Gasteiger partial charge on any atom is 0.416 e. The number of rotatable bonds is 4. The van der Waals surface area contributed by atoms with E-state index in [9.17, 15) is 22.8 Å². The van der Waals surface area contributed by atoms with Crippen molar-refractivity contribution in [2.75, 3.05) is 12.5 Å². The lowest BCUT2D eigenvalue weighted by atomic mass is 10.1. The maximum absolute atomic E-state index is 12.8. The zero-order valence-corrected chi connectivity index (χ0v) is 13.1. The van der Waals surface area contributed by atoms with Gasteiger partial charge in [0.25, 0.3) is 0 Å². The van der Waals surface area contributed by atoms with Crippen LogP contribution < -0.4 is 4.74 Å². The second-order valence-corrected chi connectivity index (χ2v) is 4.83. The van der Waals surface area contributed by atoms with Crippen molar-refractivity contribution in [1.29, 1.82) is 0 Å². The van der Waals surface area contributed by atoms with Gasteiger partial charge >= 0.3 is 18.1 Å². The Labute approximate surface area is 139 Å². The number of hydrogen-bond acceptors (Lipinski definition) is 5. The molecule has 0 saturated heterocycles. The Kier molecular flexibility index (Phi) is 5.28. The van der Waals surface area contributed by atoms with Gasteiger partial charge in [-0.1, -0.05) is 0 Å². The van der Waals surface area contributed by atoms with Crippen molar-refractivity contribution in [1.82, 2.24) is 4.98 Å². The van der Waals surface area contributed by atoms with Gasteiger partial charge in [0.1, 0.15) is 11.4 Å². The summed E-state index contributed by atoms with van der Waals surface area (Å²) in [5, 5.41) is 0.0621. The van der Waals surface area contributed by atoms with Crippen LogP contribution in [0.25, 0.3) is 10.9 Å². The number of aromatic nitrogens is 1. The number of carbonyl (C=O) groups is 2. The van der Waals surface area contributed by atoms with Crippen LogP contribution in [-0.4, -0.2) is 29.4 Å². The number of esters is 2. The molecule has 0 aliphatic rings. The number of hydrogen-bond donors (Lipinski definition) is 0. The van der Waals surface area contributed by atoms with Gasteiger partial charge in [0, 0.05) is 11.6 Å². The standard InChI is InChI=1S/C15H11ClF3NO4/c1-2-23-14(22)10-7-20-11-5-8(15(17,18)19)3-4-9(11)13(10)24-12(21)6-16/h3-5,7H,2,6H2,1H3. The van der Waals surface area contributed by atoms with Crippen molar-refractivity contribution in [3.8, 4) is 5.75 Å². The molecule has 0 bridgehead atoms. The number of alkyl halides is 4. The second kappa shape index (κ2) is 7.04. The minimum Gasteiger partial charge on any atom is -0.462 e. The molecule has 0 aliphatic carbocycles. The third-order valence-corrected chi connectivity index (χ3v) is 3.19. The van der Waals surface area contributed by atoms with Crippen molar-refractivity contribution in [3.05, 3.63) is 35.5 Å². The van der Waals surface area contributed by atoms with Crippen LogP contribution in [0, 0.1) is 0 Å². The van der Waals surface area contributed by atoms with Gasteiger partial charge < -0.3 is 9.47 Å². The monoisotopic (exact) mass is 361 g/mol. The number of carbonyl (C=O) groups excluding carboxylic acids is 2. The summed E-state index contributed by atoms with van der Waals surface area (Å²) < 4.78 is 48.2. The summed E-state index contributed by atoms with van der Waals surface area (Å²) in [4.78, 5) is 27.2. The molecule has 0 N–H and O–H groups in total. The molecule has 0 amide bonds. The summed E-state index contributed by atoms with van der Waals surface area (Å²) in [5.41, 5.74) is -1.18. The molecule has 0 spiro atoms. The topological polar surface area (TPSA) is 65.5 Å². The maximum atomic E-state index is 12.8. The predicted molar refractivity (Wildman–Crippen MR) is 79.1 cm³/mol. The zero-order chi connectivity index (χ0) is 17.9. The molecule has 0 radical (unpaired) electrons. The number of benzene rings is 1. The van der Waals surface area contributed by atoms with Crippen LogP contribution in [0.5, 0.6) is 5.75 Å². The van der Waals surface area contributed by atoms with Crippen LogP contribution in [0.4, 0.5) is 13.2 Å². The van der Waals surface area contributed by atoms with E-state index < -0.39 is 29.6 Å². The highest BCUT2D eigenvalue weighted by Gasteiger charge is 2.31. The van der Waals surface area contributed by atoms with E-state index in [1.54, 1.807) is 6.92 Å². The molecule has 0 unspecified atom stereocenters. The van der Waals surface area contributed by atoms with Gasteiger partial charge in [0.05, 0.1) is 17.7 Å². The summed E-state index contributed by atoms with van der Waals surface area (Å²) in [6, 6.07) is 2.67. The lowest BCUT2D eigenvalue weighted by Crippen LogP contribution is -2.14. The average Bonchev–Trinajstić information content (AvgIpc) is 2.53. The van der Waals surface area contributed by atoms with E-state index in [0.29, 0.717) is 0 Å². The van der Waals surface area contributed by atoms with Crippen molar-refractivity contribution in [2.24, 2.45) is 0 Å². The highest BCUT2D eigenvalue weighted by atomic mass is 35.5. The van der Waals surface area contributed by atoms with Gasteiger partial charge in [-0.2, -0.15) is 13.2 Å². The average molecular weight is 362 g/mol. The fraction of sp³-hybridized carbons (Fsp3) is 0.267. The SMILES string of the molecule is CCOC(=O)c1cnc2cc(C(F)(F)F)ccc2c1OC(=O)CCl. The second-order valence-electron chi connectivity index (χ2n) is 4.56. The lowest BCUT2D eigenvalue weighted by Gasteiger charge is -2.13. The highest BCUT2D eigenvalue weighted by Crippen LogP contribution is 2.35. The minimum atomic E-state index is -4.55. The number of halogens is 4. The van der Waals surface area contributed by atoms with E-state index in [2.05, 4.69) is 4.98 Å². The van der Waals surface area contributed by atoms with Gasteiger partial charge in [0.15, 0.2) is 5.75 Å². The number of pyridine rings is 1. The fourth-order valence-corrected chi connectivity index (χ4v) is 2.00. The Hall–Kier alpha value is -2.35. The molecule has 1 aromatic carbocycles. The fourth-order valence-electron chi connectivity index (χ4n) is 1.95. The largest absolute Gasteiger partial charge is 0.462 e. The summed E-state index contributed by atoms with van der Waals surface area (Å²) in [6.45, 7) is 1.64. The number of ether oxygens (including phenoxy) is 2. The number of nitrogens with zero attached hydrogens (tertiary/aromatic N) is 1. The molecule has 128 valence electrons. The van der Waals surface area contributed by atoms with Crippen LogP contribution in [0.2, 0.25) is 0 Å². The molecule has 5 nitrogen and oxygen atoms in total. The first kappa shape index (κ1) is 18.0. The Morgan fingerprint density at radius 1 is 1.29 bits per heavy atom. The third-order valence-electron chi connectivity index (χ3n) is 2.97. The Bertz CT molecular complexity index is 792. The predicted octanol–water partition coefficient (Wildman–Crippen LogP) is 3.57. The van der Waals surface area contributed by atoms with Crippen LogP contribution in [-0.2, 0) is 15.7 Å². The molecule has 0 atom stereocenters. The van der Waals surface area contributed by atoms with Crippen LogP contribution >= 0.6 is 11.6 Å². The quantitative estimate of drug-likeness (QED) is 0.615. The lowest BCUT2D eigenvalue weighted by molar-refractivity contribution is -0.137. The first-order valence-corrected chi connectivity index (χ1v) is 7.25. The molecule has 24 heavy (non-hydrogen) atoms. The van der Waals surface area contributed by atoms with E-state index >= 15 is 0 Å². The van der Waals surface area contributed by atoms with E-state index in [1.807, 2.05) is 0 Å². The van der Waals surface area contributed by atoms with Gasteiger partial charge in [-0.25, -0.2) is 4.79 Å². The normalized spacial score (nSPS) is 11.4. The molecule has 9 heteroatoms. The Balaban J connectivity index is 2.64. The highest BCUT2D eigenvalue weighted by molar-refractivity contribution is 6.26. The molecular weight excluding hydrogens is 351 g/mol. The van der Waals surface area contributed by atoms with E-state index in [0.717, 1.165) is 24.4 Å².